The van der Waals surface area contributed by atoms with Crippen LogP contribution in [0.2, 0.25) is 0 Å². The number of hydrogen-bond acceptors (Lipinski definition) is 3. The standard InChI is InChI=1S/C25H35N3O3/c1-3-15(2)21(22(26)29)28-23(30)20-6-4-16(5-7-20)14-27-24(31)25-11-17-8-18(12-25)10-19(9-17)13-25/h4-7,15,17-19,21H,3,8-14H2,1-2H3,(H2,26,29)(H,27,31)(H,28,30). The van der Waals surface area contributed by atoms with Crippen molar-refractivity contribution in [3.8, 4) is 0 Å². The summed E-state index contributed by atoms with van der Waals surface area (Å²) in [7, 11) is 0. The minimum Gasteiger partial charge on any atom is -0.368 e. The molecule has 6 nitrogen and oxygen atoms in total. The summed E-state index contributed by atoms with van der Waals surface area (Å²) in [4.78, 5) is 37.3. The van der Waals surface area contributed by atoms with E-state index >= 15 is 0 Å². The van der Waals surface area contributed by atoms with Gasteiger partial charge in [0.25, 0.3) is 5.91 Å². The second-order valence-corrected chi connectivity index (χ2v) is 10.3. The summed E-state index contributed by atoms with van der Waals surface area (Å²) in [5.74, 6) is 1.59. The summed E-state index contributed by atoms with van der Waals surface area (Å²) in [6.45, 7) is 4.32. The Bertz CT molecular complexity index is 813. The third kappa shape index (κ3) is 4.48. The quantitative estimate of drug-likeness (QED) is 0.596. The van der Waals surface area contributed by atoms with Gasteiger partial charge in [0.05, 0.1) is 0 Å². The van der Waals surface area contributed by atoms with Crippen LogP contribution < -0.4 is 16.4 Å². The van der Waals surface area contributed by atoms with Crippen molar-refractivity contribution < 1.29 is 14.4 Å². The Labute approximate surface area is 184 Å². The molecule has 6 heteroatoms. The number of nitrogens with one attached hydrogen (secondary N) is 2. The van der Waals surface area contributed by atoms with E-state index < -0.39 is 11.9 Å². The van der Waals surface area contributed by atoms with Crippen molar-refractivity contribution in [2.75, 3.05) is 0 Å². The molecule has 0 aliphatic heterocycles. The first-order chi connectivity index (χ1) is 14.8. The van der Waals surface area contributed by atoms with Crippen LogP contribution in [0.15, 0.2) is 24.3 Å². The van der Waals surface area contributed by atoms with Crippen LogP contribution in [0.1, 0.15) is 74.7 Å². The Kier molecular flexibility index (Phi) is 6.09. The monoisotopic (exact) mass is 425 g/mol. The lowest BCUT2D eigenvalue weighted by Gasteiger charge is -2.55. The number of benzene rings is 1. The Hall–Kier alpha value is -2.37. The fraction of sp³-hybridized carbons (Fsp3) is 0.640. The van der Waals surface area contributed by atoms with Crippen molar-refractivity contribution >= 4 is 17.7 Å². The maximum Gasteiger partial charge on any atom is 0.251 e. The van der Waals surface area contributed by atoms with Crippen LogP contribution in [0, 0.1) is 29.1 Å². The van der Waals surface area contributed by atoms with Gasteiger partial charge in [0.15, 0.2) is 0 Å². The van der Waals surface area contributed by atoms with Gasteiger partial charge in [-0.05, 0) is 79.9 Å². The number of rotatable bonds is 8. The van der Waals surface area contributed by atoms with Crippen molar-refractivity contribution in [3.63, 3.8) is 0 Å². The number of hydrogen-bond donors (Lipinski definition) is 3. The lowest BCUT2D eigenvalue weighted by molar-refractivity contribution is -0.146. The zero-order valence-corrected chi connectivity index (χ0v) is 18.7. The fourth-order valence-corrected chi connectivity index (χ4v) is 6.49. The summed E-state index contributed by atoms with van der Waals surface area (Å²) in [5.41, 5.74) is 6.74. The van der Waals surface area contributed by atoms with E-state index in [9.17, 15) is 14.4 Å². The molecule has 4 aliphatic rings. The highest BCUT2D eigenvalue weighted by Crippen LogP contribution is 2.60. The van der Waals surface area contributed by atoms with E-state index in [1.165, 1.54) is 19.3 Å². The lowest BCUT2D eigenvalue weighted by atomic mass is 9.49. The van der Waals surface area contributed by atoms with E-state index in [1.807, 2.05) is 26.0 Å². The third-order valence-electron chi connectivity index (χ3n) is 8.00. The number of nitrogens with two attached hydrogens (primary N) is 1. The predicted molar refractivity (Wildman–Crippen MR) is 119 cm³/mol. The summed E-state index contributed by atoms with van der Waals surface area (Å²) in [5, 5.41) is 5.92. The van der Waals surface area contributed by atoms with Crippen LogP contribution in [0.25, 0.3) is 0 Å². The molecule has 4 N–H and O–H groups in total. The summed E-state index contributed by atoms with van der Waals surface area (Å²) < 4.78 is 0. The molecule has 3 amide bonds. The van der Waals surface area contributed by atoms with E-state index in [2.05, 4.69) is 10.6 Å². The topological polar surface area (TPSA) is 101 Å². The average molecular weight is 426 g/mol. The van der Waals surface area contributed by atoms with Gasteiger partial charge >= 0.3 is 0 Å². The smallest absolute Gasteiger partial charge is 0.251 e. The van der Waals surface area contributed by atoms with Gasteiger partial charge in [0, 0.05) is 17.5 Å². The first-order valence-electron chi connectivity index (χ1n) is 11.8. The van der Waals surface area contributed by atoms with Crippen LogP contribution in [0.3, 0.4) is 0 Å². The molecule has 4 aliphatic carbocycles. The van der Waals surface area contributed by atoms with Crippen LogP contribution in [0.5, 0.6) is 0 Å². The van der Waals surface area contributed by atoms with Crippen LogP contribution >= 0.6 is 0 Å². The van der Waals surface area contributed by atoms with Crippen LogP contribution in [-0.4, -0.2) is 23.8 Å². The van der Waals surface area contributed by atoms with Crippen molar-refractivity contribution in [1.29, 1.82) is 0 Å². The number of amides is 3. The Balaban J connectivity index is 1.33. The molecule has 1 aromatic rings. The van der Waals surface area contributed by atoms with E-state index in [1.54, 1.807) is 12.1 Å². The highest BCUT2D eigenvalue weighted by molar-refractivity contribution is 5.97. The Morgan fingerprint density at radius 1 is 1.03 bits per heavy atom. The average Bonchev–Trinajstić information content (AvgIpc) is 2.74. The predicted octanol–water partition coefficient (Wildman–Crippen LogP) is 3.15. The van der Waals surface area contributed by atoms with Crippen molar-refractivity contribution in [2.45, 2.75) is 71.4 Å². The molecule has 168 valence electrons. The van der Waals surface area contributed by atoms with Crippen LogP contribution in [-0.2, 0) is 16.1 Å². The molecule has 0 radical (unpaired) electrons. The van der Waals surface area contributed by atoms with E-state index in [4.69, 9.17) is 5.73 Å². The highest BCUT2D eigenvalue weighted by Gasteiger charge is 2.54. The zero-order valence-electron chi connectivity index (χ0n) is 18.7. The SMILES string of the molecule is CCC(C)C(NC(=O)c1ccc(CNC(=O)C23CC4CC(CC(C4)C2)C3)cc1)C(N)=O. The minimum absolute atomic E-state index is 0.0273. The molecule has 0 heterocycles. The maximum absolute atomic E-state index is 13.1. The minimum atomic E-state index is -0.684. The molecule has 5 rings (SSSR count). The van der Waals surface area contributed by atoms with Gasteiger partial charge in [-0.15, -0.1) is 0 Å². The molecule has 4 bridgehead atoms. The van der Waals surface area contributed by atoms with E-state index in [0.717, 1.165) is 49.0 Å². The van der Waals surface area contributed by atoms with Crippen LogP contribution in [0.4, 0.5) is 0 Å². The summed E-state index contributed by atoms with van der Waals surface area (Å²) in [6.07, 6.45) is 7.89. The first kappa shape index (κ1) is 21.8. The second kappa shape index (κ2) is 8.64. The second-order valence-electron chi connectivity index (χ2n) is 10.3. The Morgan fingerprint density at radius 2 is 1.58 bits per heavy atom. The molecule has 4 saturated carbocycles. The molecule has 1 aromatic carbocycles. The van der Waals surface area contributed by atoms with Gasteiger partial charge in [0.2, 0.25) is 11.8 Å². The van der Waals surface area contributed by atoms with Crippen molar-refractivity contribution in [1.82, 2.24) is 10.6 Å². The molecule has 4 fully saturated rings. The van der Waals surface area contributed by atoms with Gasteiger partial charge in [-0.1, -0.05) is 32.4 Å². The molecule has 0 aromatic heterocycles. The van der Waals surface area contributed by atoms with E-state index in [-0.39, 0.29) is 23.1 Å². The fourth-order valence-electron chi connectivity index (χ4n) is 6.49. The molecule has 0 spiro atoms. The van der Waals surface area contributed by atoms with Gasteiger partial charge in [-0.2, -0.15) is 0 Å². The molecule has 2 atom stereocenters. The molecular formula is C25H35N3O3. The first-order valence-corrected chi connectivity index (χ1v) is 11.8. The molecule has 31 heavy (non-hydrogen) atoms. The highest BCUT2D eigenvalue weighted by atomic mass is 16.2. The lowest BCUT2D eigenvalue weighted by Crippen LogP contribution is -2.53. The third-order valence-corrected chi connectivity index (χ3v) is 8.00. The summed E-state index contributed by atoms with van der Waals surface area (Å²) >= 11 is 0. The van der Waals surface area contributed by atoms with Crippen molar-refractivity contribution in [3.05, 3.63) is 35.4 Å². The number of primary amides is 1. The van der Waals surface area contributed by atoms with Gasteiger partial charge in [-0.3, -0.25) is 14.4 Å². The van der Waals surface area contributed by atoms with Gasteiger partial charge < -0.3 is 16.4 Å². The zero-order chi connectivity index (χ0) is 22.2. The van der Waals surface area contributed by atoms with Gasteiger partial charge in [0.1, 0.15) is 6.04 Å². The Morgan fingerprint density at radius 3 is 2.06 bits per heavy atom. The number of carbonyl (C=O) groups is 3. The molecule has 0 saturated heterocycles. The maximum atomic E-state index is 13.1. The molecule has 2 unspecified atom stereocenters. The van der Waals surface area contributed by atoms with Gasteiger partial charge in [-0.25, -0.2) is 0 Å². The van der Waals surface area contributed by atoms with Crippen molar-refractivity contribution in [2.24, 2.45) is 34.8 Å². The van der Waals surface area contributed by atoms with E-state index in [0.29, 0.717) is 12.1 Å². The normalized spacial score (nSPS) is 30.5. The molecular weight excluding hydrogens is 390 g/mol. The largest absolute Gasteiger partial charge is 0.368 e. The summed E-state index contributed by atoms with van der Waals surface area (Å²) in [6, 6.07) is 6.50. The number of carbonyl (C=O) groups excluding carboxylic acids is 3.